The maximum atomic E-state index is 12.0. The standard InChI is InChI=1S/C15H15ClN2O3S/c16-11-6-4-10(5-7-11)15-17-12(9-22-15)14(19)18-21-13-3-1-2-8-20-13/h4-7,9,13H,1-3,8H2,(H,18,19). The van der Waals surface area contributed by atoms with Crippen molar-refractivity contribution in [3.8, 4) is 10.6 Å². The second-order valence-electron chi connectivity index (χ2n) is 4.89. The van der Waals surface area contributed by atoms with Crippen LogP contribution in [0.15, 0.2) is 29.6 Å². The molecule has 3 rings (SSSR count). The molecule has 1 atom stereocenters. The normalized spacial score (nSPS) is 18.1. The first-order valence-corrected chi connectivity index (χ1v) is 8.27. The number of benzene rings is 1. The molecule has 1 aliphatic rings. The van der Waals surface area contributed by atoms with Gasteiger partial charge in [0, 0.05) is 29.0 Å². The predicted molar refractivity (Wildman–Crippen MR) is 84.7 cm³/mol. The highest BCUT2D eigenvalue weighted by atomic mass is 35.5. The number of halogens is 1. The van der Waals surface area contributed by atoms with Crippen LogP contribution in [0.4, 0.5) is 0 Å². The summed E-state index contributed by atoms with van der Waals surface area (Å²) >= 11 is 7.26. The fourth-order valence-electron chi connectivity index (χ4n) is 2.08. The molecular formula is C15H15ClN2O3S. The molecule has 0 aliphatic carbocycles. The van der Waals surface area contributed by atoms with E-state index in [9.17, 15) is 4.79 Å². The molecule has 2 heterocycles. The Bertz CT molecular complexity index is 638. The van der Waals surface area contributed by atoms with Crippen LogP contribution in [0.2, 0.25) is 5.02 Å². The summed E-state index contributed by atoms with van der Waals surface area (Å²) in [5.41, 5.74) is 3.65. The van der Waals surface area contributed by atoms with E-state index >= 15 is 0 Å². The first kappa shape index (κ1) is 15.4. The van der Waals surface area contributed by atoms with E-state index in [2.05, 4.69) is 10.5 Å². The summed E-state index contributed by atoms with van der Waals surface area (Å²) in [7, 11) is 0. The molecule has 1 N–H and O–H groups in total. The molecule has 7 heteroatoms. The molecule has 0 spiro atoms. The van der Waals surface area contributed by atoms with E-state index in [1.165, 1.54) is 11.3 Å². The summed E-state index contributed by atoms with van der Waals surface area (Å²) in [6.45, 7) is 0.665. The number of carbonyl (C=O) groups is 1. The van der Waals surface area contributed by atoms with Crippen LogP contribution in [0.25, 0.3) is 10.6 Å². The van der Waals surface area contributed by atoms with Gasteiger partial charge in [-0.05, 0) is 25.0 Å². The molecule has 1 saturated heterocycles. The summed E-state index contributed by atoms with van der Waals surface area (Å²) in [6.07, 6.45) is 2.49. The molecule has 0 bridgehead atoms. The third-order valence-electron chi connectivity index (χ3n) is 3.25. The first-order valence-electron chi connectivity index (χ1n) is 7.01. The number of carbonyl (C=O) groups excluding carboxylic acids is 1. The molecular weight excluding hydrogens is 324 g/mol. The highest BCUT2D eigenvalue weighted by molar-refractivity contribution is 7.13. The molecule has 5 nitrogen and oxygen atoms in total. The fraction of sp³-hybridized carbons (Fsp3) is 0.333. The van der Waals surface area contributed by atoms with Gasteiger partial charge in [0.1, 0.15) is 10.7 Å². The second-order valence-corrected chi connectivity index (χ2v) is 6.18. The van der Waals surface area contributed by atoms with Crippen molar-refractivity contribution in [3.63, 3.8) is 0 Å². The van der Waals surface area contributed by atoms with Crippen LogP contribution in [0.1, 0.15) is 29.8 Å². The molecule has 22 heavy (non-hydrogen) atoms. The minimum Gasteiger partial charge on any atom is -0.350 e. The summed E-state index contributed by atoms with van der Waals surface area (Å²) in [5.74, 6) is -0.370. The maximum absolute atomic E-state index is 12.0. The van der Waals surface area contributed by atoms with Crippen molar-refractivity contribution in [1.82, 2.24) is 10.5 Å². The lowest BCUT2D eigenvalue weighted by Gasteiger charge is -2.21. The lowest BCUT2D eigenvalue weighted by atomic mass is 10.2. The van der Waals surface area contributed by atoms with Gasteiger partial charge in [0.25, 0.3) is 5.91 Å². The Morgan fingerprint density at radius 1 is 1.36 bits per heavy atom. The number of nitrogens with one attached hydrogen (secondary N) is 1. The van der Waals surface area contributed by atoms with Crippen molar-refractivity contribution in [3.05, 3.63) is 40.4 Å². The van der Waals surface area contributed by atoms with Crippen molar-refractivity contribution < 1.29 is 14.4 Å². The number of hydroxylamine groups is 1. The molecule has 1 unspecified atom stereocenters. The van der Waals surface area contributed by atoms with Crippen molar-refractivity contribution in [1.29, 1.82) is 0 Å². The van der Waals surface area contributed by atoms with Crippen LogP contribution in [0.5, 0.6) is 0 Å². The molecule has 1 fully saturated rings. The molecule has 0 saturated carbocycles. The minimum absolute atomic E-state index is 0.325. The van der Waals surface area contributed by atoms with Gasteiger partial charge in [-0.1, -0.05) is 23.7 Å². The first-order chi connectivity index (χ1) is 10.7. The van der Waals surface area contributed by atoms with Crippen molar-refractivity contribution in [2.24, 2.45) is 0 Å². The summed E-state index contributed by atoms with van der Waals surface area (Å²) in [6, 6.07) is 7.33. The zero-order chi connectivity index (χ0) is 15.4. The second kappa shape index (κ2) is 7.19. The smallest absolute Gasteiger partial charge is 0.294 e. The Balaban J connectivity index is 1.60. The van der Waals surface area contributed by atoms with Gasteiger partial charge in [0.2, 0.25) is 0 Å². The van der Waals surface area contributed by atoms with Crippen LogP contribution in [-0.2, 0) is 9.57 Å². The van der Waals surface area contributed by atoms with Gasteiger partial charge in [0.15, 0.2) is 6.29 Å². The van der Waals surface area contributed by atoms with E-state index in [4.69, 9.17) is 21.2 Å². The highest BCUT2D eigenvalue weighted by Crippen LogP contribution is 2.25. The number of aromatic nitrogens is 1. The lowest BCUT2D eigenvalue weighted by molar-refractivity contribution is -0.186. The van der Waals surface area contributed by atoms with Gasteiger partial charge in [-0.15, -0.1) is 11.3 Å². The van der Waals surface area contributed by atoms with Crippen molar-refractivity contribution >= 4 is 28.8 Å². The third kappa shape index (κ3) is 3.84. The number of hydrogen-bond donors (Lipinski definition) is 1. The Labute approximate surface area is 137 Å². The van der Waals surface area contributed by atoms with Crippen molar-refractivity contribution in [2.45, 2.75) is 25.6 Å². The average Bonchev–Trinajstić information content (AvgIpc) is 3.04. The Hall–Kier alpha value is -1.47. The maximum Gasteiger partial charge on any atom is 0.294 e. The van der Waals surface area contributed by atoms with Gasteiger partial charge < -0.3 is 4.74 Å². The highest BCUT2D eigenvalue weighted by Gasteiger charge is 2.17. The average molecular weight is 339 g/mol. The quantitative estimate of drug-likeness (QED) is 0.864. The number of amides is 1. The van der Waals surface area contributed by atoms with Crippen molar-refractivity contribution in [2.75, 3.05) is 6.61 Å². The molecule has 1 aliphatic heterocycles. The van der Waals surface area contributed by atoms with E-state index < -0.39 is 0 Å². The van der Waals surface area contributed by atoms with Gasteiger partial charge in [-0.3, -0.25) is 4.79 Å². The SMILES string of the molecule is O=C(NOC1CCCCO1)c1csc(-c2ccc(Cl)cc2)n1. The van der Waals surface area contributed by atoms with E-state index in [0.29, 0.717) is 17.3 Å². The summed E-state index contributed by atoms with van der Waals surface area (Å²) in [5, 5.41) is 3.12. The fourth-order valence-corrected chi connectivity index (χ4v) is 3.01. The van der Waals surface area contributed by atoms with Crippen LogP contribution < -0.4 is 5.48 Å². The van der Waals surface area contributed by atoms with Crippen LogP contribution in [-0.4, -0.2) is 23.8 Å². The summed E-state index contributed by atoms with van der Waals surface area (Å²) in [4.78, 5) is 21.6. The Kier molecular flexibility index (Phi) is 5.04. The molecule has 1 amide bonds. The topological polar surface area (TPSA) is 60.5 Å². The largest absolute Gasteiger partial charge is 0.350 e. The van der Waals surface area contributed by atoms with E-state index in [1.807, 2.05) is 12.1 Å². The molecule has 0 radical (unpaired) electrons. The Morgan fingerprint density at radius 3 is 2.91 bits per heavy atom. The Morgan fingerprint density at radius 2 is 2.18 bits per heavy atom. The predicted octanol–water partition coefficient (Wildman–Crippen LogP) is 3.65. The van der Waals surface area contributed by atoms with Gasteiger partial charge in [0.05, 0.1) is 0 Å². The number of rotatable bonds is 4. The van der Waals surface area contributed by atoms with Crippen LogP contribution >= 0.6 is 22.9 Å². The van der Waals surface area contributed by atoms with E-state index in [-0.39, 0.29) is 12.2 Å². The molecule has 2 aromatic rings. The molecule has 116 valence electrons. The van der Waals surface area contributed by atoms with E-state index in [1.54, 1.807) is 17.5 Å². The number of nitrogens with zero attached hydrogens (tertiary/aromatic N) is 1. The minimum atomic E-state index is -0.370. The number of hydrogen-bond acceptors (Lipinski definition) is 5. The van der Waals surface area contributed by atoms with Gasteiger partial charge in [-0.25, -0.2) is 15.3 Å². The lowest BCUT2D eigenvalue weighted by Crippen LogP contribution is -2.33. The third-order valence-corrected chi connectivity index (χ3v) is 4.39. The number of thiazole rings is 1. The molecule has 1 aromatic heterocycles. The zero-order valence-electron chi connectivity index (χ0n) is 11.8. The monoisotopic (exact) mass is 338 g/mol. The molecule has 1 aromatic carbocycles. The van der Waals surface area contributed by atoms with Crippen LogP contribution in [0, 0.1) is 0 Å². The number of ether oxygens (including phenoxy) is 1. The zero-order valence-corrected chi connectivity index (χ0v) is 13.3. The van der Waals surface area contributed by atoms with Crippen LogP contribution in [0.3, 0.4) is 0 Å². The van der Waals surface area contributed by atoms with E-state index in [0.717, 1.165) is 29.8 Å². The van der Waals surface area contributed by atoms with Gasteiger partial charge in [-0.2, -0.15) is 0 Å². The van der Waals surface area contributed by atoms with Gasteiger partial charge >= 0.3 is 0 Å². The summed E-state index contributed by atoms with van der Waals surface area (Å²) < 4.78 is 5.38.